The van der Waals surface area contributed by atoms with Gasteiger partial charge in [-0.05, 0) is 48.7 Å². The van der Waals surface area contributed by atoms with Gasteiger partial charge in [-0.15, -0.1) is 0 Å². The number of para-hydroxylation sites is 2. The molecule has 1 amide bonds. The van der Waals surface area contributed by atoms with Crippen LogP contribution >= 0.6 is 0 Å². The zero-order valence-electron chi connectivity index (χ0n) is 19.1. The summed E-state index contributed by atoms with van der Waals surface area (Å²) in [6, 6.07) is 23.9. The largest absolute Gasteiger partial charge is 0.496 e. The van der Waals surface area contributed by atoms with Crippen LogP contribution in [0.2, 0.25) is 0 Å². The van der Waals surface area contributed by atoms with Gasteiger partial charge in [0.05, 0.1) is 13.7 Å². The molecule has 33 heavy (non-hydrogen) atoms. The second-order valence-electron chi connectivity index (χ2n) is 7.91. The van der Waals surface area contributed by atoms with E-state index in [0.717, 1.165) is 44.9 Å². The topological polar surface area (TPSA) is 56.2 Å². The fourth-order valence-electron chi connectivity index (χ4n) is 3.80. The number of rotatable bonds is 7. The number of hydrogen-bond donors (Lipinski definition) is 1. The summed E-state index contributed by atoms with van der Waals surface area (Å²) < 4.78 is 7.45. The first-order valence-corrected chi connectivity index (χ1v) is 10.8. The third-order valence-corrected chi connectivity index (χ3v) is 5.48. The highest BCUT2D eigenvalue weighted by Gasteiger charge is 2.14. The first-order chi connectivity index (χ1) is 16.0. The first-order valence-electron chi connectivity index (χ1n) is 10.8. The highest BCUT2D eigenvalue weighted by atomic mass is 16.5. The molecule has 0 aliphatic rings. The smallest absolute Gasteiger partial charge is 0.248 e. The minimum absolute atomic E-state index is 0.186. The van der Waals surface area contributed by atoms with E-state index < -0.39 is 0 Å². The lowest BCUT2D eigenvalue weighted by molar-refractivity contribution is -0.111. The maximum absolute atomic E-state index is 12.7. The minimum atomic E-state index is -0.186. The maximum Gasteiger partial charge on any atom is 0.248 e. The Hall–Kier alpha value is -4.12. The monoisotopic (exact) mass is 437 g/mol. The van der Waals surface area contributed by atoms with Crippen molar-refractivity contribution < 1.29 is 9.53 Å². The zero-order valence-corrected chi connectivity index (χ0v) is 19.1. The second kappa shape index (κ2) is 10.0. The van der Waals surface area contributed by atoms with Crippen molar-refractivity contribution in [2.75, 3.05) is 12.4 Å². The predicted molar refractivity (Wildman–Crippen MR) is 133 cm³/mol. The number of anilines is 1. The molecule has 0 unspecified atom stereocenters. The molecule has 3 aromatic carbocycles. The predicted octanol–water partition coefficient (Wildman–Crippen LogP) is 5.88. The molecule has 0 atom stereocenters. The van der Waals surface area contributed by atoms with Gasteiger partial charge < -0.3 is 10.1 Å². The number of benzene rings is 3. The van der Waals surface area contributed by atoms with E-state index in [1.54, 1.807) is 19.3 Å². The molecule has 0 bridgehead atoms. The highest BCUT2D eigenvalue weighted by Crippen LogP contribution is 2.32. The Morgan fingerprint density at radius 2 is 1.67 bits per heavy atom. The third-order valence-electron chi connectivity index (χ3n) is 5.48. The number of aromatic nitrogens is 2. The SMILES string of the molecule is COc1ccccc1-c1nn(Cc2ccccc2)cc1/C=C/C(=O)Nc1c(C)cccc1C. The Balaban J connectivity index is 1.66. The Kier molecular flexibility index (Phi) is 6.69. The van der Waals surface area contributed by atoms with E-state index in [1.165, 1.54) is 0 Å². The van der Waals surface area contributed by atoms with E-state index in [9.17, 15) is 4.79 Å². The molecule has 166 valence electrons. The van der Waals surface area contributed by atoms with Gasteiger partial charge in [-0.25, -0.2) is 0 Å². The number of nitrogens with one attached hydrogen (secondary N) is 1. The first kappa shape index (κ1) is 22.1. The number of carbonyl (C=O) groups is 1. The van der Waals surface area contributed by atoms with Crippen LogP contribution in [0.5, 0.6) is 5.75 Å². The molecule has 5 heteroatoms. The molecular formula is C28H27N3O2. The molecule has 0 radical (unpaired) electrons. The van der Waals surface area contributed by atoms with Crippen LogP contribution in [0.4, 0.5) is 5.69 Å². The van der Waals surface area contributed by atoms with Crippen molar-refractivity contribution in [1.82, 2.24) is 9.78 Å². The van der Waals surface area contributed by atoms with Crippen LogP contribution in [0.1, 0.15) is 22.3 Å². The molecule has 1 N–H and O–H groups in total. The molecule has 0 saturated heterocycles. The lowest BCUT2D eigenvalue weighted by Gasteiger charge is -2.09. The fourth-order valence-corrected chi connectivity index (χ4v) is 3.80. The van der Waals surface area contributed by atoms with Crippen molar-refractivity contribution in [3.63, 3.8) is 0 Å². The van der Waals surface area contributed by atoms with Gasteiger partial charge in [0.2, 0.25) is 5.91 Å². The van der Waals surface area contributed by atoms with Crippen LogP contribution in [0, 0.1) is 13.8 Å². The van der Waals surface area contributed by atoms with E-state index in [1.807, 2.05) is 85.4 Å². The molecule has 4 rings (SSSR count). The Labute approximate surface area is 194 Å². The number of amides is 1. The molecule has 0 aliphatic heterocycles. The fraction of sp³-hybridized carbons (Fsp3) is 0.143. The van der Waals surface area contributed by atoms with Crippen molar-refractivity contribution >= 4 is 17.7 Å². The summed E-state index contributed by atoms with van der Waals surface area (Å²) in [4.78, 5) is 12.7. The van der Waals surface area contributed by atoms with Gasteiger partial charge in [-0.2, -0.15) is 5.10 Å². The number of methoxy groups -OCH3 is 1. The van der Waals surface area contributed by atoms with Gasteiger partial charge in [0.15, 0.2) is 0 Å². The van der Waals surface area contributed by atoms with Crippen molar-refractivity contribution in [3.8, 4) is 17.0 Å². The molecule has 4 aromatic rings. The molecule has 0 spiro atoms. The number of aryl methyl sites for hydroxylation is 2. The Morgan fingerprint density at radius 1 is 0.970 bits per heavy atom. The van der Waals surface area contributed by atoms with Crippen molar-refractivity contribution in [3.05, 3.63) is 107 Å². The summed E-state index contributed by atoms with van der Waals surface area (Å²) >= 11 is 0. The summed E-state index contributed by atoms with van der Waals surface area (Å²) in [6.45, 7) is 4.60. The van der Waals surface area contributed by atoms with Crippen molar-refractivity contribution in [2.24, 2.45) is 0 Å². The number of ether oxygens (including phenoxy) is 1. The second-order valence-corrected chi connectivity index (χ2v) is 7.91. The van der Waals surface area contributed by atoms with Crippen molar-refractivity contribution in [2.45, 2.75) is 20.4 Å². The molecule has 0 saturated carbocycles. The molecule has 5 nitrogen and oxygen atoms in total. The summed E-state index contributed by atoms with van der Waals surface area (Å²) in [5.41, 5.74) is 6.53. The summed E-state index contributed by atoms with van der Waals surface area (Å²) in [5.74, 6) is 0.547. The van der Waals surface area contributed by atoms with E-state index in [2.05, 4.69) is 17.4 Å². The Bertz CT molecular complexity index is 1270. The van der Waals surface area contributed by atoms with Crippen molar-refractivity contribution in [1.29, 1.82) is 0 Å². The number of carbonyl (C=O) groups excluding carboxylic acids is 1. The summed E-state index contributed by atoms with van der Waals surface area (Å²) in [6.07, 6.45) is 5.31. The van der Waals surface area contributed by atoms with Crippen LogP contribution in [0.3, 0.4) is 0 Å². The standard InChI is InChI=1S/C28H27N3O2/c1-20-10-9-11-21(2)27(20)29-26(32)17-16-23-19-31(18-22-12-5-4-6-13-22)30-28(23)24-14-7-8-15-25(24)33-3/h4-17,19H,18H2,1-3H3,(H,29,32)/b17-16+. The number of nitrogens with zero attached hydrogens (tertiary/aromatic N) is 2. The lowest BCUT2D eigenvalue weighted by atomic mass is 10.1. The third kappa shape index (κ3) is 5.21. The van der Waals surface area contributed by atoms with Gasteiger partial charge in [-0.1, -0.05) is 60.7 Å². The van der Waals surface area contributed by atoms with Crippen LogP contribution in [0.25, 0.3) is 17.3 Å². The molecule has 1 aromatic heterocycles. The highest BCUT2D eigenvalue weighted by molar-refractivity contribution is 6.03. The van der Waals surface area contributed by atoms with Gasteiger partial charge >= 0.3 is 0 Å². The van der Waals surface area contributed by atoms with E-state index in [-0.39, 0.29) is 5.91 Å². The molecular weight excluding hydrogens is 410 g/mol. The van der Waals surface area contributed by atoms with E-state index in [4.69, 9.17) is 9.84 Å². The summed E-state index contributed by atoms with van der Waals surface area (Å²) in [5, 5.41) is 7.83. The molecule has 1 heterocycles. The van der Waals surface area contributed by atoms with Gasteiger partial charge in [0, 0.05) is 29.1 Å². The maximum atomic E-state index is 12.7. The van der Waals surface area contributed by atoms with Crippen LogP contribution < -0.4 is 10.1 Å². The van der Waals surface area contributed by atoms with Gasteiger partial charge in [0.25, 0.3) is 0 Å². The Morgan fingerprint density at radius 3 is 2.39 bits per heavy atom. The zero-order chi connectivity index (χ0) is 23.2. The van der Waals surface area contributed by atoms with Crippen LogP contribution in [-0.2, 0) is 11.3 Å². The minimum Gasteiger partial charge on any atom is -0.496 e. The molecule has 0 aliphatic carbocycles. The van der Waals surface area contributed by atoms with Crippen LogP contribution in [0.15, 0.2) is 85.1 Å². The lowest BCUT2D eigenvalue weighted by Crippen LogP contribution is -2.10. The normalized spacial score (nSPS) is 11.0. The quantitative estimate of drug-likeness (QED) is 0.368. The average Bonchev–Trinajstić information content (AvgIpc) is 3.23. The van der Waals surface area contributed by atoms with E-state index in [0.29, 0.717) is 6.54 Å². The van der Waals surface area contributed by atoms with E-state index >= 15 is 0 Å². The number of hydrogen-bond acceptors (Lipinski definition) is 3. The van der Waals surface area contributed by atoms with Gasteiger partial charge in [-0.3, -0.25) is 9.48 Å². The van der Waals surface area contributed by atoms with Crippen LogP contribution in [-0.4, -0.2) is 22.8 Å². The molecule has 0 fully saturated rings. The van der Waals surface area contributed by atoms with Gasteiger partial charge in [0.1, 0.15) is 11.4 Å². The average molecular weight is 438 g/mol. The summed E-state index contributed by atoms with van der Waals surface area (Å²) in [7, 11) is 1.65.